The Morgan fingerprint density at radius 3 is 2.64 bits per heavy atom. The van der Waals surface area contributed by atoms with E-state index in [0.717, 1.165) is 12.8 Å². The summed E-state index contributed by atoms with van der Waals surface area (Å²) in [5, 5.41) is 8.11. The molecule has 3 rings (SSSR count). The average molecular weight is 382 g/mol. The third-order valence-electron chi connectivity index (χ3n) is 3.87. The van der Waals surface area contributed by atoms with Gasteiger partial charge in [0.1, 0.15) is 11.4 Å². The standard InChI is InChI=1S/C16H16ClN3O4S/c1-9-3-6-11(17)7-14(9)25(22,23)20-16(21)12-8-13(24-2)15(19-18-12)10-4-5-10/h3,6-8,10H,4-5H2,1-2H3,(H,20,21). The lowest BCUT2D eigenvalue weighted by Gasteiger charge is -2.11. The first-order chi connectivity index (χ1) is 11.8. The van der Waals surface area contributed by atoms with E-state index in [2.05, 4.69) is 10.2 Å². The van der Waals surface area contributed by atoms with Crippen LogP contribution in [0.25, 0.3) is 0 Å². The molecule has 1 heterocycles. The normalized spacial score (nSPS) is 14.2. The topological polar surface area (TPSA) is 98.2 Å². The Balaban J connectivity index is 1.87. The molecule has 1 aliphatic carbocycles. The van der Waals surface area contributed by atoms with E-state index < -0.39 is 15.9 Å². The lowest BCUT2D eigenvalue weighted by atomic mass is 10.2. The number of nitrogens with one attached hydrogen (secondary N) is 1. The largest absolute Gasteiger partial charge is 0.495 e. The first-order valence-corrected chi connectivity index (χ1v) is 9.43. The number of benzene rings is 1. The molecule has 1 aromatic heterocycles. The van der Waals surface area contributed by atoms with E-state index in [1.165, 1.54) is 19.2 Å². The zero-order valence-electron chi connectivity index (χ0n) is 13.6. The summed E-state index contributed by atoms with van der Waals surface area (Å²) in [5.41, 5.74) is 1.02. The first kappa shape index (κ1) is 17.6. The molecule has 1 saturated carbocycles. The van der Waals surface area contributed by atoms with Crippen LogP contribution in [-0.2, 0) is 10.0 Å². The van der Waals surface area contributed by atoms with Gasteiger partial charge in [-0.2, -0.15) is 5.10 Å². The van der Waals surface area contributed by atoms with Gasteiger partial charge in [0.25, 0.3) is 15.9 Å². The van der Waals surface area contributed by atoms with Crippen LogP contribution < -0.4 is 9.46 Å². The van der Waals surface area contributed by atoms with Crippen molar-refractivity contribution in [3.63, 3.8) is 0 Å². The Labute approximate surface area is 150 Å². The van der Waals surface area contributed by atoms with Gasteiger partial charge in [0.05, 0.1) is 12.0 Å². The molecule has 2 aromatic rings. The number of aromatic nitrogens is 2. The monoisotopic (exact) mass is 381 g/mol. The summed E-state index contributed by atoms with van der Waals surface area (Å²) in [4.78, 5) is 12.2. The lowest BCUT2D eigenvalue weighted by molar-refractivity contribution is 0.0975. The van der Waals surface area contributed by atoms with Gasteiger partial charge in [-0.3, -0.25) is 4.79 Å². The van der Waals surface area contributed by atoms with Crippen LogP contribution in [0.15, 0.2) is 29.2 Å². The maximum atomic E-state index is 12.5. The molecule has 132 valence electrons. The molecular weight excluding hydrogens is 366 g/mol. The fourth-order valence-corrected chi connectivity index (χ4v) is 3.86. The van der Waals surface area contributed by atoms with Crippen molar-refractivity contribution in [2.24, 2.45) is 0 Å². The minimum absolute atomic E-state index is 0.0668. The predicted molar refractivity (Wildman–Crippen MR) is 91.4 cm³/mol. The highest BCUT2D eigenvalue weighted by Gasteiger charge is 2.30. The molecule has 1 amide bonds. The molecule has 0 unspecified atom stereocenters. The van der Waals surface area contributed by atoms with Crippen molar-refractivity contribution >= 4 is 27.5 Å². The summed E-state index contributed by atoms with van der Waals surface area (Å²) >= 11 is 5.85. The highest BCUT2D eigenvalue weighted by Crippen LogP contribution is 2.42. The molecule has 0 bridgehead atoms. The number of hydrogen-bond acceptors (Lipinski definition) is 6. The fraction of sp³-hybridized carbons (Fsp3) is 0.312. The molecule has 0 aliphatic heterocycles. The van der Waals surface area contributed by atoms with Gasteiger partial charge in [-0.05, 0) is 37.5 Å². The first-order valence-electron chi connectivity index (χ1n) is 7.56. The van der Waals surface area contributed by atoms with Gasteiger partial charge < -0.3 is 4.74 Å². The Morgan fingerprint density at radius 1 is 1.28 bits per heavy atom. The van der Waals surface area contributed by atoms with Crippen LogP contribution in [0, 0.1) is 6.92 Å². The van der Waals surface area contributed by atoms with Crippen LogP contribution in [0.2, 0.25) is 5.02 Å². The van der Waals surface area contributed by atoms with E-state index in [4.69, 9.17) is 16.3 Å². The van der Waals surface area contributed by atoms with Gasteiger partial charge in [-0.15, -0.1) is 5.10 Å². The van der Waals surface area contributed by atoms with Crippen LogP contribution in [0.5, 0.6) is 5.75 Å². The van der Waals surface area contributed by atoms with E-state index >= 15 is 0 Å². The highest BCUT2D eigenvalue weighted by molar-refractivity contribution is 7.90. The Morgan fingerprint density at radius 2 is 2.00 bits per heavy atom. The van der Waals surface area contributed by atoms with Gasteiger partial charge in [-0.25, -0.2) is 13.1 Å². The maximum Gasteiger partial charge on any atom is 0.285 e. The SMILES string of the molecule is COc1cc(C(=O)NS(=O)(=O)c2cc(Cl)ccc2C)nnc1C1CC1. The summed E-state index contributed by atoms with van der Waals surface area (Å²) in [6.07, 6.45) is 2.00. The van der Waals surface area contributed by atoms with Crippen molar-refractivity contribution in [2.45, 2.75) is 30.6 Å². The quantitative estimate of drug-likeness (QED) is 0.854. The number of methoxy groups -OCH3 is 1. The number of ether oxygens (including phenoxy) is 1. The number of carbonyl (C=O) groups is 1. The summed E-state index contributed by atoms with van der Waals surface area (Å²) in [6.45, 7) is 1.61. The minimum Gasteiger partial charge on any atom is -0.495 e. The van der Waals surface area contributed by atoms with Crippen LogP contribution in [-0.4, -0.2) is 31.6 Å². The zero-order valence-corrected chi connectivity index (χ0v) is 15.2. The van der Waals surface area contributed by atoms with Crippen LogP contribution in [0.4, 0.5) is 0 Å². The lowest BCUT2D eigenvalue weighted by Crippen LogP contribution is -2.32. The molecule has 1 aromatic carbocycles. The van der Waals surface area contributed by atoms with Crippen molar-refractivity contribution in [3.05, 3.63) is 46.2 Å². The van der Waals surface area contributed by atoms with E-state index in [9.17, 15) is 13.2 Å². The van der Waals surface area contributed by atoms with Gasteiger partial charge in [-0.1, -0.05) is 17.7 Å². The Bertz CT molecular complexity index is 942. The average Bonchev–Trinajstić information content (AvgIpc) is 3.40. The number of aryl methyl sites for hydroxylation is 1. The van der Waals surface area contributed by atoms with Gasteiger partial charge in [0.2, 0.25) is 0 Å². The minimum atomic E-state index is -4.09. The van der Waals surface area contributed by atoms with Crippen LogP contribution in [0.3, 0.4) is 0 Å². The summed E-state index contributed by atoms with van der Waals surface area (Å²) in [5.74, 6) is -0.163. The molecule has 0 radical (unpaired) electrons. The maximum absolute atomic E-state index is 12.5. The molecule has 1 aliphatic rings. The summed E-state index contributed by atoms with van der Waals surface area (Å²) in [7, 11) is -2.62. The number of carbonyl (C=O) groups excluding carboxylic acids is 1. The zero-order chi connectivity index (χ0) is 18.2. The second kappa shape index (κ2) is 6.61. The third-order valence-corrected chi connectivity index (χ3v) is 5.58. The predicted octanol–water partition coefficient (Wildman–Crippen LogP) is 2.44. The number of sulfonamides is 1. The van der Waals surface area contributed by atoms with Crippen molar-refractivity contribution in [1.82, 2.24) is 14.9 Å². The molecule has 0 atom stereocenters. The smallest absolute Gasteiger partial charge is 0.285 e. The summed E-state index contributed by atoms with van der Waals surface area (Å²) < 4.78 is 32.1. The van der Waals surface area contributed by atoms with Gasteiger partial charge >= 0.3 is 0 Å². The molecule has 1 fully saturated rings. The molecule has 0 saturated heterocycles. The van der Waals surface area contributed by atoms with Crippen molar-refractivity contribution in [3.8, 4) is 5.75 Å². The third kappa shape index (κ3) is 3.74. The number of rotatable bonds is 5. The number of amides is 1. The van der Waals surface area contributed by atoms with Crippen LogP contribution in [0.1, 0.15) is 40.5 Å². The molecule has 7 nitrogen and oxygen atoms in total. The highest BCUT2D eigenvalue weighted by atomic mass is 35.5. The molecule has 0 spiro atoms. The van der Waals surface area contributed by atoms with Crippen LogP contribution >= 0.6 is 11.6 Å². The van der Waals surface area contributed by atoms with Crippen molar-refractivity contribution < 1.29 is 17.9 Å². The second-order valence-electron chi connectivity index (χ2n) is 5.80. The number of nitrogens with zero attached hydrogens (tertiary/aromatic N) is 2. The second-order valence-corrected chi connectivity index (χ2v) is 7.89. The van der Waals surface area contributed by atoms with E-state index in [1.807, 2.05) is 4.72 Å². The van der Waals surface area contributed by atoms with Crippen molar-refractivity contribution in [1.29, 1.82) is 0 Å². The van der Waals surface area contributed by atoms with Crippen molar-refractivity contribution in [2.75, 3.05) is 7.11 Å². The molecular formula is C16H16ClN3O4S. The number of hydrogen-bond donors (Lipinski definition) is 1. The molecule has 25 heavy (non-hydrogen) atoms. The number of halogens is 1. The molecule has 9 heteroatoms. The Kier molecular flexibility index (Phi) is 4.66. The van der Waals surface area contributed by atoms with Gasteiger partial charge in [0.15, 0.2) is 5.69 Å². The van der Waals surface area contributed by atoms with E-state index in [1.54, 1.807) is 19.1 Å². The fourth-order valence-electron chi connectivity index (χ4n) is 2.39. The van der Waals surface area contributed by atoms with E-state index in [-0.39, 0.29) is 21.5 Å². The Hall–Kier alpha value is -2.19. The van der Waals surface area contributed by atoms with Gasteiger partial charge in [0, 0.05) is 17.0 Å². The molecule has 1 N–H and O–H groups in total. The van der Waals surface area contributed by atoms with E-state index in [0.29, 0.717) is 17.0 Å². The summed E-state index contributed by atoms with van der Waals surface area (Å²) in [6, 6.07) is 5.82.